The lowest BCUT2D eigenvalue weighted by Gasteiger charge is -2.37. The Morgan fingerprint density at radius 1 is 1.07 bits per heavy atom. The molecule has 2 aromatic rings. The highest BCUT2D eigenvalue weighted by Gasteiger charge is 2.27. The van der Waals surface area contributed by atoms with Crippen LogP contribution in [0.2, 0.25) is 0 Å². The van der Waals surface area contributed by atoms with Crippen molar-refractivity contribution in [2.45, 2.75) is 51.9 Å². The van der Waals surface area contributed by atoms with Gasteiger partial charge in [0.2, 0.25) is 5.91 Å². The van der Waals surface area contributed by atoms with Gasteiger partial charge in [-0.3, -0.25) is 9.69 Å². The lowest BCUT2D eigenvalue weighted by Crippen LogP contribution is -2.39. The Kier molecular flexibility index (Phi) is 7.40. The van der Waals surface area contributed by atoms with Crippen molar-refractivity contribution in [1.82, 2.24) is 9.80 Å². The van der Waals surface area contributed by atoms with Gasteiger partial charge >= 0.3 is 0 Å². The number of ether oxygens (including phenoxy) is 1. The van der Waals surface area contributed by atoms with E-state index in [2.05, 4.69) is 36.1 Å². The zero-order valence-electron chi connectivity index (χ0n) is 17.6. The summed E-state index contributed by atoms with van der Waals surface area (Å²) in [5.74, 6) is -0.130. The fourth-order valence-corrected chi connectivity index (χ4v) is 3.89. The average molecular weight is 399 g/mol. The first-order chi connectivity index (χ1) is 14.0. The fourth-order valence-electron chi connectivity index (χ4n) is 3.89. The maximum atomic E-state index is 13.2. The Morgan fingerprint density at radius 2 is 1.69 bits per heavy atom. The molecular weight excluding hydrogens is 367 g/mol. The van der Waals surface area contributed by atoms with Gasteiger partial charge in [-0.15, -0.1) is 0 Å². The van der Waals surface area contributed by atoms with E-state index in [1.807, 2.05) is 19.2 Å². The lowest BCUT2D eigenvalue weighted by atomic mass is 9.95. The van der Waals surface area contributed by atoms with Crippen molar-refractivity contribution in [3.8, 4) is 0 Å². The third-order valence-electron chi connectivity index (χ3n) is 5.79. The summed E-state index contributed by atoms with van der Waals surface area (Å²) in [6.07, 6.45) is 2.03. The maximum absolute atomic E-state index is 13.2. The molecule has 1 aliphatic heterocycles. The topological polar surface area (TPSA) is 32.8 Å². The molecule has 3 rings (SSSR count). The van der Waals surface area contributed by atoms with E-state index in [1.54, 1.807) is 11.8 Å². The molecule has 0 spiro atoms. The second-order valence-corrected chi connectivity index (χ2v) is 7.84. The van der Waals surface area contributed by atoms with Crippen molar-refractivity contribution in [3.05, 3.63) is 71.0 Å². The molecule has 0 unspecified atom stereocenters. The highest BCUT2D eigenvalue weighted by molar-refractivity contribution is 5.72. The summed E-state index contributed by atoms with van der Waals surface area (Å²) in [5, 5.41) is 0. The molecule has 0 N–H and O–H groups in total. The Labute approximate surface area is 173 Å². The van der Waals surface area contributed by atoms with Crippen LogP contribution in [0, 0.1) is 5.82 Å². The van der Waals surface area contributed by atoms with Crippen LogP contribution in [-0.2, 0) is 22.6 Å². The van der Waals surface area contributed by atoms with E-state index in [0.29, 0.717) is 12.6 Å². The minimum Gasteiger partial charge on any atom is -0.373 e. The standard InChI is InChI=1S/C24H31FN2O2/c1-4-27(17-20-7-11-22(25)12-8-20)23-13-14-29-24(15-23)21-9-5-19(6-10-21)16-26(3)18(2)28/h5-12,23-24H,4,13-17H2,1-3H3/t23-,24+/m1/s1. The summed E-state index contributed by atoms with van der Waals surface area (Å²) >= 11 is 0. The molecular formula is C24H31FN2O2. The minimum atomic E-state index is -0.194. The van der Waals surface area contributed by atoms with E-state index in [0.717, 1.165) is 43.7 Å². The van der Waals surface area contributed by atoms with Crippen LogP contribution >= 0.6 is 0 Å². The molecule has 5 heteroatoms. The predicted molar refractivity (Wildman–Crippen MR) is 113 cm³/mol. The van der Waals surface area contributed by atoms with E-state index < -0.39 is 0 Å². The van der Waals surface area contributed by atoms with E-state index >= 15 is 0 Å². The van der Waals surface area contributed by atoms with Gasteiger partial charge < -0.3 is 9.64 Å². The molecule has 0 saturated carbocycles. The maximum Gasteiger partial charge on any atom is 0.219 e. The SMILES string of the molecule is CCN(Cc1ccc(F)cc1)[C@@H]1CCO[C@H](c2ccc(CN(C)C(C)=O)cc2)C1. The molecule has 0 bridgehead atoms. The lowest BCUT2D eigenvalue weighted by molar-refractivity contribution is -0.128. The van der Waals surface area contributed by atoms with Crippen LogP contribution in [0.5, 0.6) is 0 Å². The molecule has 2 atom stereocenters. The van der Waals surface area contributed by atoms with Crippen molar-refractivity contribution < 1.29 is 13.9 Å². The number of hydrogen-bond donors (Lipinski definition) is 0. The first kappa shape index (κ1) is 21.5. The van der Waals surface area contributed by atoms with Gasteiger partial charge in [0.15, 0.2) is 0 Å². The average Bonchev–Trinajstić information content (AvgIpc) is 2.74. The van der Waals surface area contributed by atoms with Crippen LogP contribution in [-0.4, -0.2) is 41.9 Å². The van der Waals surface area contributed by atoms with Crippen molar-refractivity contribution in [3.63, 3.8) is 0 Å². The van der Waals surface area contributed by atoms with Gasteiger partial charge in [0, 0.05) is 39.7 Å². The number of halogens is 1. The first-order valence-corrected chi connectivity index (χ1v) is 10.4. The minimum absolute atomic E-state index is 0.0633. The number of amides is 1. The highest BCUT2D eigenvalue weighted by Crippen LogP contribution is 2.31. The van der Waals surface area contributed by atoms with Crippen LogP contribution in [0.15, 0.2) is 48.5 Å². The van der Waals surface area contributed by atoms with Gasteiger partial charge in [0.05, 0.1) is 6.10 Å². The van der Waals surface area contributed by atoms with Gasteiger partial charge in [0.1, 0.15) is 5.82 Å². The number of rotatable bonds is 7. The third-order valence-corrected chi connectivity index (χ3v) is 5.79. The molecule has 1 aliphatic rings. The van der Waals surface area contributed by atoms with Crippen LogP contribution in [0.1, 0.15) is 49.5 Å². The molecule has 0 radical (unpaired) electrons. The van der Waals surface area contributed by atoms with Crippen molar-refractivity contribution in [1.29, 1.82) is 0 Å². The quantitative estimate of drug-likeness (QED) is 0.686. The van der Waals surface area contributed by atoms with Gasteiger partial charge in [-0.1, -0.05) is 43.3 Å². The summed E-state index contributed by atoms with van der Waals surface area (Å²) in [4.78, 5) is 15.6. The highest BCUT2D eigenvalue weighted by atomic mass is 19.1. The molecule has 2 aromatic carbocycles. The number of benzene rings is 2. The molecule has 29 heavy (non-hydrogen) atoms. The van der Waals surface area contributed by atoms with E-state index in [-0.39, 0.29) is 17.8 Å². The summed E-state index contributed by atoms with van der Waals surface area (Å²) in [7, 11) is 1.81. The predicted octanol–water partition coefficient (Wildman–Crippen LogP) is 4.55. The van der Waals surface area contributed by atoms with Crippen LogP contribution in [0.4, 0.5) is 4.39 Å². The van der Waals surface area contributed by atoms with Crippen LogP contribution in [0.25, 0.3) is 0 Å². The third kappa shape index (κ3) is 5.87. The number of carbonyl (C=O) groups is 1. The van der Waals surface area contributed by atoms with E-state index in [4.69, 9.17) is 4.74 Å². The first-order valence-electron chi connectivity index (χ1n) is 10.4. The monoisotopic (exact) mass is 398 g/mol. The van der Waals surface area contributed by atoms with Gasteiger partial charge in [-0.05, 0) is 48.2 Å². The number of hydrogen-bond acceptors (Lipinski definition) is 3. The second kappa shape index (κ2) is 9.99. The van der Waals surface area contributed by atoms with Crippen molar-refractivity contribution in [2.24, 2.45) is 0 Å². The summed E-state index contributed by atoms with van der Waals surface area (Å²) < 4.78 is 19.3. The zero-order valence-corrected chi connectivity index (χ0v) is 17.6. The fraction of sp³-hybridized carbons (Fsp3) is 0.458. The Morgan fingerprint density at radius 3 is 2.31 bits per heavy atom. The Bertz CT molecular complexity index is 792. The molecule has 4 nitrogen and oxygen atoms in total. The van der Waals surface area contributed by atoms with Gasteiger partial charge in [0.25, 0.3) is 0 Å². The van der Waals surface area contributed by atoms with Crippen molar-refractivity contribution >= 4 is 5.91 Å². The Hall–Kier alpha value is -2.24. The number of nitrogens with zero attached hydrogens (tertiary/aromatic N) is 2. The molecule has 156 valence electrons. The molecule has 0 aromatic heterocycles. The van der Waals surface area contributed by atoms with Gasteiger partial charge in [-0.25, -0.2) is 4.39 Å². The van der Waals surface area contributed by atoms with Gasteiger partial charge in [-0.2, -0.15) is 0 Å². The zero-order chi connectivity index (χ0) is 20.8. The molecule has 1 fully saturated rings. The van der Waals surface area contributed by atoms with E-state index in [1.165, 1.54) is 17.7 Å². The van der Waals surface area contributed by atoms with Crippen LogP contribution in [0.3, 0.4) is 0 Å². The largest absolute Gasteiger partial charge is 0.373 e. The smallest absolute Gasteiger partial charge is 0.219 e. The summed E-state index contributed by atoms with van der Waals surface area (Å²) in [5.41, 5.74) is 3.43. The summed E-state index contributed by atoms with van der Waals surface area (Å²) in [6, 6.07) is 15.6. The second-order valence-electron chi connectivity index (χ2n) is 7.84. The molecule has 1 saturated heterocycles. The van der Waals surface area contributed by atoms with Crippen LogP contribution < -0.4 is 0 Å². The summed E-state index contributed by atoms with van der Waals surface area (Å²) in [6.45, 7) is 6.88. The van der Waals surface area contributed by atoms with E-state index in [9.17, 15) is 9.18 Å². The molecule has 0 aliphatic carbocycles. The van der Waals surface area contributed by atoms with Crippen molar-refractivity contribution in [2.75, 3.05) is 20.2 Å². The molecule has 1 amide bonds. The number of carbonyl (C=O) groups excluding carboxylic acids is 1. The normalized spacial score (nSPS) is 19.3. The Balaban J connectivity index is 1.63. The molecule has 1 heterocycles.